The molecule has 4 N–H and O–H groups in total. The van der Waals surface area contributed by atoms with E-state index >= 15 is 0 Å². The first-order chi connectivity index (χ1) is 13.9. The van der Waals surface area contributed by atoms with Crippen molar-refractivity contribution in [1.82, 2.24) is 19.5 Å². The number of anilines is 2. The number of aromatic hydroxyl groups is 1. The molecule has 8 nitrogen and oxygen atoms in total. The number of nitrogens with zero attached hydrogens (tertiary/aromatic N) is 4. The number of aryl methyl sites for hydroxylation is 2. The van der Waals surface area contributed by atoms with Crippen LogP contribution >= 0.6 is 0 Å². The van der Waals surface area contributed by atoms with Gasteiger partial charge in [-0.25, -0.2) is 9.97 Å². The monoisotopic (exact) mass is 386 g/mol. The summed E-state index contributed by atoms with van der Waals surface area (Å²) in [5.41, 5.74) is 11.3. The van der Waals surface area contributed by atoms with Gasteiger partial charge in [0.15, 0.2) is 5.65 Å². The highest BCUT2D eigenvalue weighted by molar-refractivity contribution is 6.22. The predicted molar refractivity (Wildman–Crippen MR) is 110 cm³/mol. The minimum absolute atomic E-state index is 0.142. The van der Waals surface area contributed by atoms with Gasteiger partial charge in [0.25, 0.3) is 5.91 Å². The highest BCUT2D eigenvalue weighted by atomic mass is 16.3. The molecule has 0 atom stereocenters. The van der Waals surface area contributed by atoms with Crippen LogP contribution in [0, 0.1) is 20.8 Å². The second-order valence-corrected chi connectivity index (χ2v) is 7.14. The van der Waals surface area contributed by atoms with Gasteiger partial charge >= 0.3 is 0 Å². The van der Waals surface area contributed by atoms with E-state index in [1.165, 1.54) is 0 Å². The van der Waals surface area contributed by atoms with Gasteiger partial charge in [0.05, 0.1) is 22.3 Å². The number of pyridine rings is 1. The fourth-order valence-corrected chi connectivity index (χ4v) is 3.98. The van der Waals surface area contributed by atoms with Crippen LogP contribution in [0.3, 0.4) is 0 Å². The molecule has 144 valence electrons. The van der Waals surface area contributed by atoms with Gasteiger partial charge in [0, 0.05) is 11.8 Å². The number of nitrogens with two attached hydrogens (primary N) is 1. The van der Waals surface area contributed by atoms with Crippen molar-refractivity contribution >= 4 is 28.4 Å². The Hall–Kier alpha value is -3.94. The van der Waals surface area contributed by atoms with Crippen molar-refractivity contribution in [1.29, 1.82) is 0 Å². The Bertz CT molecular complexity index is 1360. The number of benzene rings is 1. The van der Waals surface area contributed by atoms with Crippen LogP contribution in [0.15, 0.2) is 30.5 Å². The minimum atomic E-state index is -0.345. The van der Waals surface area contributed by atoms with Gasteiger partial charge in [0.1, 0.15) is 28.8 Å². The molecule has 0 saturated heterocycles. The van der Waals surface area contributed by atoms with Crippen LogP contribution in [-0.4, -0.2) is 30.5 Å². The van der Waals surface area contributed by atoms with E-state index in [0.29, 0.717) is 50.7 Å². The lowest BCUT2D eigenvalue weighted by molar-refractivity contribution is 0.102. The van der Waals surface area contributed by atoms with Crippen LogP contribution in [0.4, 0.5) is 11.5 Å². The molecule has 4 heterocycles. The third-order valence-corrected chi connectivity index (χ3v) is 5.30. The van der Waals surface area contributed by atoms with Crippen molar-refractivity contribution < 1.29 is 9.90 Å². The maximum absolute atomic E-state index is 13.1. The van der Waals surface area contributed by atoms with Gasteiger partial charge in [-0.1, -0.05) is 6.07 Å². The maximum Gasteiger partial charge on any atom is 0.260 e. The molecule has 3 aromatic heterocycles. The first kappa shape index (κ1) is 17.2. The van der Waals surface area contributed by atoms with Crippen molar-refractivity contribution in [3.63, 3.8) is 0 Å². The number of rotatable bonds is 1. The third-order valence-electron chi connectivity index (χ3n) is 5.30. The highest BCUT2D eigenvalue weighted by Gasteiger charge is 2.32. The minimum Gasteiger partial charge on any atom is -0.508 e. The molecular weight excluding hydrogens is 368 g/mol. The topological polar surface area (TPSA) is 119 Å². The fourth-order valence-electron chi connectivity index (χ4n) is 3.98. The van der Waals surface area contributed by atoms with Crippen LogP contribution in [0.1, 0.15) is 27.3 Å². The lowest BCUT2D eigenvalue weighted by Crippen LogP contribution is -2.14. The van der Waals surface area contributed by atoms with Crippen molar-refractivity contribution in [2.75, 3.05) is 11.1 Å². The Balaban J connectivity index is 2.00. The number of phenolic OH excluding ortho intramolecular Hbond substituents is 1. The zero-order chi connectivity index (χ0) is 20.4. The van der Waals surface area contributed by atoms with Crippen molar-refractivity contribution in [3.05, 3.63) is 53.0 Å². The largest absolute Gasteiger partial charge is 0.508 e. The zero-order valence-corrected chi connectivity index (χ0v) is 16.1. The number of carbonyl (C=O) groups is 1. The summed E-state index contributed by atoms with van der Waals surface area (Å²) in [7, 11) is 0. The number of amides is 1. The van der Waals surface area contributed by atoms with Crippen molar-refractivity contribution in [2.45, 2.75) is 20.8 Å². The van der Waals surface area contributed by atoms with Crippen LogP contribution in [0.5, 0.6) is 5.75 Å². The normalized spacial score (nSPS) is 12.6. The molecule has 29 heavy (non-hydrogen) atoms. The van der Waals surface area contributed by atoms with Gasteiger partial charge in [-0.2, -0.15) is 0 Å². The van der Waals surface area contributed by atoms with Gasteiger partial charge in [-0.15, -0.1) is 0 Å². The fraction of sp³-hybridized carbons (Fsp3) is 0.143. The van der Waals surface area contributed by atoms with Crippen molar-refractivity contribution in [3.8, 4) is 22.8 Å². The summed E-state index contributed by atoms with van der Waals surface area (Å²) in [5.74, 6) is 0.563. The molecule has 8 heteroatoms. The number of nitrogen functional groups attached to an aromatic ring is 1. The number of aromatic nitrogens is 4. The standard InChI is InChI=1S/C21H18N6O2/c1-9-6-7-13(28)10(2)18(9)27-19(22)15-14-17(24-11(3)25-20(14)27)16-12(26-21(15)29)5-4-8-23-16/h4-8,28H,22H2,1-3H3,(H,26,29). The number of nitrogens with one attached hydrogen (secondary N) is 1. The third kappa shape index (κ3) is 2.25. The lowest BCUT2D eigenvalue weighted by atomic mass is 10.1. The van der Waals surface area contributed by atoms with Gasteiger partial charge < -0.3 is 16.2 Å². The Morgan fingerprint density at radius 1 is 1.10 bits per heavy atom. The number of hydrogen-bond acceptors (Lipinski definition) is 6. The molecule has 0 spiro atoms. The number of hydrogen-bond donors (Lipinski definition) is 3. The second kappa shape index (κ2) is 5.78. The zero-order valence-electron chi connectivity index (χ0n) is 16.1. The molecule has 0 fully saturated rings. The molecule has 1 aromatic carbocycles. The lowest BCUT2D eigenvalue weighted by Gasteiger charge is -2.16. The highest BCUT2D eigenvalue weighted by Crippen LogP contribution is 2.42. The van der Waals surface area contributed by atoms with Crippen LogP contribution in [0.2, 0.25) is 0 Å². The Morgan fingerprint density at radius 3 is 2.69 bits per heavy atom. The summed E-state index contributed by atoms with van der Waals surface area (Å²) >= 11 is 0. The quantitative estimate of drug-likeness (QED) is 0.462. The molecule has 0 aliphatic carbocycles. The molecular formula is C21H18N6O2. The predicted octanol–water partition coefficient (Wildman–Crippen LogP) is 3.26. The molecule has 4 aromatic rings. The molecule has 0 radical (unpaired) electrons. The van der Waals surface area contributed by atoms with E-state index in [0.717, 1.165) is 5.56 Å². The number of phenols is 1. The van der Waals surface area contributed by atoms with Crippen LogP contribution in [-0.2, 0) is 0 Å². The van der Waals surface area contributed by atoms with E-state index in [4.69, 9.17) is 5.73 Å². The van der Waals surface area contributed by atoms with Crippen LogP contribution in [0.25, 0.3) is 28.1 Å². The van der Waals surface area contributed by atoms with E-state index in [-0.39, 0.29) is 17.5 Å². The van der Waals surface area contributed by atoms with E-state index in [1.54, 1.807) is 48.9 Å². The average Bonchev–Trinajstić information content (AvgIpc) is 2.89. The molecule has 0 saturated carbocycles. The number of carbonyl (C=O) groups excluding carboxylic acids is 1. The maximum atomic E-state index is 13.1. The van der Waals surface area contributed by atoms with E-state index in [2.05, 4.69) is 20.3 Å². The molecule has 1 aliphatic rings. The van der Waals surface area contributed by atoms with Gasteiger partial charge in [0.2, 0.25) is 0 Å². The Labute approximate surface area is 166 Å². The second-order valence-electron chi connectivity index (χ2n) is 7.14. The summed E-state index contributed by atoms with van der Waals surface area (Å²) in [6.45, 7) is 5.51. The Morgan fingerprint density at radius 2 is 1.90 bits per heavy atom. The summed E-state index contributed by atoms with van der Waals surface area (Å²) in [6, 6.07) is 6.98. The first-order valence-corrected chi connectivity index (χ1v) is 9.13. The Kier molecular flexibility index (Phi) is 3.42. The molecule has 0 bridgehead atoms. The first-order valence-electron chi connectivity index (χ1n) is 9.13. The molecule has 1 aliphatic heterocycles. The average molecular weight is 386 g/mol. The molecule has 1 amide bonds. The van der Waals surface area contributed by atoms with E-state index < -0.39 is 0 Å². The summed E-state index contributed by atoms with van der Waals surface area (Å²) in [4.78, 5) is 26.8. The van der Waals surface area contributed by atoms with Crippen molar-refractivity contribution in [2.24, 2.45) is 0 Å². The summed E-state index contributed by atoms with van der Waals surface area (Å²) in [5, 5.41) is 13.7. The van der Waals surface area contributed by atoms with Gasteiger partial charge in [-0.3, -0.25) is 14.3 Å². The van der Waals surface area contributed by atoms with E-state index in [9.17, 15) is 9.90 Å². The van der Waals surface area contributed by atoms with E-state index in [1.807, 2.05) is 6.92 Å². The molecule has 0 unspecified atom stereocenters. The summed E-state index contributed by atoms with van der Waals surface area (Å²) < 4.78 is 1.72. The van der Waals surface area contributed by atoms with Gasteiger partial charge in [-0.05, 0) is 44.5 Å². The summed E-state index contributed by atoms with van der Waals surface area (Å²) in [6.07, 6.45) is 1.66. The van der Waals surface area contributed by atoms with Crippen LogP contribution < -0.4 is 11.1 Å². The number of fused-ring (bicyclic) bond motifs is 2. The molecule has 5 rings (SSSR count). The SMILES string of the molecule is Cc1nc2c3c(c(N)n(-c4c(C)ccc(O)c4C)c3n1)C(=O)Nc1cccnc1-2. The smallest absolute Gasteiger partial charge is 0.260 e.